The lowest BCUT2D eigenvalue weighted by molar-refractivity contribution is -0.226. The van der Waals surface area contributed by atoms with Crippen molar-refractivity contribution in [3.8, 4) is 0 Å². The van der Waals surface area contributed by atoms with Gasteiger partial charge in [0, 0.05) is 11.0 Å². The average Bonchev–Trinajstić information content (AvgIpc) is 2.89. The van der Waals surface area contributed by atoms with Gasteiger partial charge in [0.25, 0.3) is 0 Å². The predicted octanol–water partition coefficient (Wildman–Crippen LogP) is 2.21. The van der Waals surface area contributed by atoms with Crippen molar-refractivity contribution in [1.82, 2.24) is 4.90 Å². The Hall–Kier alpha value is -0.660. The Balaban J connectivity index is 1.74. The van der Waals surface area contributed by atoms with Crippen molar-refractivity contribution < 1.29 is 14.3 Å². The number of β-lactam (4-membered cyclic amide) rings is 1. The van der Waals surface area contributed by atoms with Crippen LogP contribution in [0.3, 0.4) is 0 Å². The minimum atomic E-state index is -0.736. The molecule has 2 aliphatic rings. The van der Waals surface area contributed by atoms with Gasteiger partial charge in [-0.05, 0) is 12.5 Å². The lowest BCUT2D eigenvalue weighted by atomic mass is 9.81. The molecule has 3 rings (SSSR count). The van der Waals surface area contributed by atoms with Crippen LogP contribution in [0.1, 0.15) is 12.5 Å². The molecule has 2 saturated heterocycles. The van der Waals surface area contributed by atoms with Crippen LogP contribution in [0, 0.1) is 5.92 Å². The Morgan fingerprint density at radius 1 is 1.30 bits per heavy atom. The van der Waals surface area contributed by atoms with E-state index in [0.717, 1.165) is 9.99 Å². The molecular weight excluding hydrogens is 369 g/mol. The molecule has 0 unspecified atom stereocenters. The summed E-state index contributed by atoms with van der Waals surface area (Å²) in [5, 5.41) is 0. The van der Waals surface area contributed by atoms with E-state index in [0.29, 0.717) is 19.8 Å². The zero-order valence-corrected chi connectivity index (χ0v) is 13.6. The Morgan fingerprint density at radius 3 is 2.55 bits per heavy atom. The lowest BCUT2D eigenvalue weighted by Gasteiger charge is -2.51. The highest BCUT2D eigenvalue weighted by atomic mass is 127. The standard InChI is InChI=1S/C15H18INO3/c1-15(19-7-8-20-15)13-12(9-16)17(14(13)18)10-11-5-3-2-4-6-11/h2-6,12-13H,7-10H2,1H3/t12-,13-/m0/s1. The molecule has 0 spiro atoms. The molecule has 0 radical (unpaired) electrons. The highest BCUT2D eigenvalue weighted by molar-refractivity contribution is 14.1. The number of carbonyl (C=O) groups is 1. The fourth-order valence-electron chi connectivity index (χ4n) is 3.04. The molecule has 0 aliphatic carbocycles. The number of carbonyl (C=O) groups excluding carboxylic acids is 1. The fraction of sp³-hybridized carbons (Fsp3) is 0.533. The molecule has 0 bridgehead atoms. The molecule has 0 aromatic heterocycles. The Morgan fingerprint density at radius 2 is 1.95 bits per heavy atom. The van der Waals surface area contributed by atoms with Crippen molar-refractivity contribution in [2.24, 2.45) is 5.92 Å². The van der Waals surface area contributed by atoms with Crippen LogP contribution < -0.4 is 0 Å². The number of hydrogen-bond donors (Lipinski definition) is 0. The molecular formula is C15H18INO3. The molecule has 0 N–H and O–H groups in total. The topological polar surface area (TPSA) is 38.8 Å². The molecule has 2 aliphatic heterocycles. The second kappa shape index (κ2) is 5.61. The first kappa shape index (κ1) is 14.3. The molecule has 4 nitrogen and oxygen atoms in total. The van der Waals surface area contributed by atoms with Crippen LogP contribution in [0.25, 0.3) is 0 Å². The maximum absolute atomic E-state index is 12.5. The molecule has 0 saturated carbocycles. The summed E-state index contributed by atoms with van der Waals surface area (Å²) in [5.41, 5.74) is 1.16. The van der Waals surface area contributed by atoms with Gasteiger partial charge in [0.2, 0.25) is 5.91 Å². The minimum Gasteiger partial charge on any atom is -0.347 e. The monoisotopic (exact) mass is 387 g/mol. The maximum Gasteiger partial charge on any atom is 0.233 e. The quantitative estimate of drug-likeness (QED) is 0.452. The molecule has 20 heavy (non-hydrogen) atoms. The van der Waals surface area contributed by atoms with Gasteiger partial charge in [0.05, 0.1) is 19.3 Å². The van der Waals surface area contributed by atoms with Gasteiger partial charge in [-0.15, -0.1) is 0 Å². The van der Waals surface area contributed by atoms with E-state index in [1.54, 1.807) is 0 Å². The van der Waals surface area contributed by atoms with Crippen LogP contribution in [0.5, 0.6) is 0 Å². The van der Waals surface area contributed by atoms with Crippen molar-refractivity contribution in [2.75, 3.05) is 17.6 Å². The number of hydrogen-bond acceptors (Lipinski definition) is 3. The first-order valence-electron chi connectivity index (χ1n) is 6.84. The van der Waals surface area contributed by atoms with Gasteiger partial charge in [-0.25, -0.2) is 0 Å². The normalized spacial score (nSPS) is 28.5. The molecule has 2 heterocycles. The van der Waals surface area contributed by atoms with Gasteiger partial charge in [-0.3, -0.25) is 4.79 Å². The number of likely N-dealkylation sites (tertiary alicyclic amines) is 1. The third kappa shape index (κ3) is 2.35. The number of nitrogens with zero attached hydrogens (tertiary/aromatic N) is 1. The first-order chi connectivity index (χ1) is 9.65. The van der Waals surface area contributed by atoms with E-state index in [9.17, 15) is 4.79 Å². The average molecular weight is 387 g/mol. The molecule has 1 aromatic carbocycles. The number of benzene rings is 1. The SMILES string of the molecule is CC1([C@@H]2C(=O)N(Cc3ccccc3)[C@H]2CI)OCCO1. The number of ether oxygens (including phenoxy) is 2. The lowest BCUT2D eigenvalue weighted by Crippen LogP contribution is -2.68. The predicted molar refractivity (Wildman–Crippen MR) is 83.5 cm³/mol. The summed E-state index contributed by atoms with van der Waals surface area (Å²) in [6.07, 6.45) is 0. The first-order valence-corrected chi connectivity index (χ1v) is 8.36. The van der Waals surface area contributed by atoms with Crippen molar-refractivity contribution in [3.05, 3.63) is 35.9 Å². The number of alkyl halides is 1. The highest BCUT2D eigenvalue weighted by Crippen LogP contribution is 2.41. The van der Waals surface area contributed by atoms with Crippen LogP contribution in [0.4, 0.5) is 0 Å². The zero-order valence-electron chi connectivity index (χ0n) is 11.4. The molecule has 108 valence electrons. The van der Waals surface area contributed by atoms with Gasteiger partial charge in [0.1, 0.15) is 5.92 Å². The maximum atomic E-state index is 12.5. The summed E-state index contributed by atoms with van der Waals surface area (Å²) >= 11 is 2.34. The third-order valence-corrected chi connectivity index (χ3v) is 5.02. The summed E-state index contributed by atoms with van der Waals surface area (Å²) in [7, 11) is 0. The van der Waals surface area contributed by atoms with Crippen molar-refractivity contribution in [1.29, 1.82) is 0 Å². The van der Waals surface area contributed by atoms with Crippen LogP contribution in [-0.2, 0) is 20.8 Å². The summed E-state index contributed by atoms with van der Waals surface area (Å²) in [5.74, 6) is -0.773. The summed E-state index contributed by atoms with van der Waals surface area (Å²) in [4.78, 5) is 14.4. The minimum absolute atomic E-state index is 0.139. The van der Waals surface area contributed by atoms with Crippen molar-refractivity contribution in [2.45, 2.75) is 25.3 Å². The second-order valence-corrected chi connectivity index (χ2v) is 6.24. The zero-order chi connectivity index (χ0) is 14.2. The van der Waals surface area contributed by atoms with Gasteiger partial charge in [-0.2, -0.15) is 0 Å². The van der Waals surface area contributed by atoms with E-state index in [1.165, 1.54) is 0 Å². The van der Waals surface area contributed by atoms with Crippen LogP contribution in [0.2, 0.25) is 0 Å². The van der Waals surface area contributed by atoms with Gasteiger partial charge < -0.3 is 14.4 Å². The second-order valence-electron chi connectivity index (χ2n) is 5.36. The molecule has 2 fully saturated rings. The van der Waals surface area contributed by atoms with E-state index < -0.39 is 5.79 Å². The third-order valence-electron chi connectivity index (χ3n) is 4.11. The van der Waals surface area contributed by atoms with Crippen LogP contribution in [0.15, 0.2) is 30.3 Å². The summed E-state index contributed by atoms with van der Waals surface area (Å²) in [6.45, 7) is 3.71. The van der Waals surface area contributed by atoms with Crippen molar-refractivity contribution >= 4 is 28.5 Å². The summed E-state index contributed by atoms with van der Waals surface area (Å²) < 4.78 is 12.2. The van der Waals surface area contributed by atoms with Gasteiger partial charge in [0.15, 0.2) is 5.79 Å². The van der Waals surface area contributed by atoms with Gasteiger partial charge >= 0.3 is 0 Å². The van der Waals surface area contributed by atoms with E-state index in [4.69, 9.17) is 9.47 Å². The largest absolute Gasteiger partial charge is 0.347 e. The number of rotatable bonds is 4. The van der Waals surface area contributed by atoms with Crippen LogP contribution in [-0.4, -0.2) is 40.3 Å². The van der Waals surface area contributed by atoms with Crippen molar-refractivity contribution in [3.63, 3.8) is 0 Å². The van der Waals surface area contributed by atoms with Gasteiger partial charge in [-0.1, -0.05) is 52.9 Å². The van der Waals surface area contributed by atoms with E-state index >= 15 is 0 Å². The Labute approximate surface area is 132 Å². The Bertz CT molecular complexity index is 487. The van der Waals surface area contributed by atoms with E-state index in [1.807, 2.05) is 30.0 Å². The smallest absolute Gasteiger partial charge is 0.233 e. The molecule has 5 heteroatoms. The number of halogens is 1. The Kier molecular flexibility index (Phi) is 4.01. The fourth-order valence-corrected chi connectivity index (χ4v) is 4.02. The van der Waals surface area contributed by atoms with E-state index in [2.05, 4.69) is 34.7 Å². The molecule has 2 atom stereocenters. The molecule has 1 aromatic rings. The summed E-state index contributed by atoms with van der Waals surface area (Å²) in [6, 6.07) is 10.3. The van der Waals surface area contributed by atoms with E-state index in [-0.39, 0.29) is 17.9 Å². The van der Waals surface area contributed by atoms with Crippen LogP contribution >= 0.6 is 22.6 Å². The molecule has 1 amide bonds. The number of amides is 1. The highest BCUT2D eigenvalue weighted by Gasteiger charge is 2.58.